The molecule has 1 rings (SSSR count). The Morgan fingerprint density at radius 3 is 2.43 bits per heavy atom. The summed E-state index contributed by atoms with van der Waals surface area (Å²) in [6.45, 7) is 4.67. The third-order valence-corrected chi connectivity index (χ3v) is 5.95. The highest BCUT2D eigenvalue weighted by molar-refractivity contribution is 8.00. The van der Waals surface area contributed by atoms with Gasteiger partial charge in [0, 0.05) is 37.7 Å². The van der Waals surface area contributed by atoms with E-state index in [4.69, 9.17) is 0 Å². The Morgan fingerprint density at radius 2 is 1.93 bits per heavy atom. The first-order valence-corrected chi connectivity index (χ1v) is 7.13. The highest BCUT2D eigenvalue weighted by Gasteiger charge is 2.34. The second-order valence-electron chi connectivity index (χ2n) is 3.72. The molecule has 0 aromatic rings. The van der Waals surface area contributed by atoms with Crippen molar-refractivity contribution in [2.45, 2.75) is 25.1 Å². The molecule has 1 saturated heterocycles. The van der Waals surface area contributed by atoms with E-state index in [1.54, 1.807) is 18.4 Å². The zero-order chi connectivity index (χ0) is 10.9. The fourth-order valence-electron chi connectivity index (χ4n) is 1.44. The lowest BCUT2D eigenvalue weighted by molar-refractivity contribution is 0.317. The van der Waals surface area contributed by atoms with Gasteiger partial charge >= 0.3 is 0 Å². The maximum absolute atomic E-state index is 11.9. The minimum atomic E-state index is -3.23. The summed E-state index contributed by atoms with van der Waals surface area (Å²) in [6, 6.07) is 0.0844. The lowest BCUT2D eigenvalue weighted by atomic mass is 10.2. The van der Waals surface area contributed by atoms with Crippen molar-refractivity contribution in [1.82, 2.24) is 8.61 Å². The van der Waals surface area contributed by atoms with Crippen molar-refractivity contribution in [3.05, 3.63) is 0 Å². The first kappa shape index (κ1) is 12.3. The van der Waals surface area contributed by atoms with Gasteiger partial charge in [0.1, 0.15) is 0 Å². The summed E-state index contributed by atoms with van der Waals surface area (Å²) in [5, 5.41) is 0.374. The molecule has 0 spiro atoms. The van der Waals surface area contributed by atoms with Crippen molar-refractivity contribution in [2.75, 3.05) is 26.4 Å². The maximum Gasteiger partial charge on any atom is 0.281 e. The predicted molar refractivity (Wildman–Crippen MR) is 60.7 cm³/mol. The zero-order valence-electron chi connectivity index (χ0n) is 9.10. The van der Waals surface area contributed by atoms with Crippen LogP contribution in [-0.2, 0) is 10.2 Å². The summed E-state index contributed by atoms with van der Waals surface area (Å²) in [6.07, 6.45) is 0. The number of thioether (sulfide) groups is 1. The Hall–Kier alpha value is 0.220. The van der Waals surface area contributed by atoms with Gasteiger partial charge in [-0.05, 0) is 6.92 Å². The van der Waals surface area contributed by atoms with Gasteiger partial charge in [-0.15, -0.1) is 0 Å². The van der Waals surface area contributed by atoms with Crippen LogP contribution in [0.4, 0.5) is 0 Å². The summed E-state index contributed by atoms with van der Waals surface area (Å²) >= 11 is 1.83. The molecule has 1 aliphatic rings. The van der Waals surface area contributed by atoms with Crippen LogP contribution in [0.25, 0.3) is 0 Å². The molecule has 1 heterocycles. The second-order valence-corrected chi connectivity index (χ2v) is 7.30. The van der Waals surface area contributed by atoms with Crippen LogP contribution in [0.5, 0.6) is 0 Å². The number of nitrogens with zero attached hydrogens (tertiary/aromatic N) is 2. The molecule has 0 aromatic heterocycles. The van der Waals surface area contributed by atoms with Crippen LogP contribution >= 0.6 is 11.8 Å². The normalized spacial score (nSPS) is 30.9. The predicted octanol–water partition coefficient (Wildman–Crippen LogP) is 0.619. The molecule has 4 nitrogen and oxygen atoms in total. The Labute approximate surface area is 90.8 Å². The summed E-state index contributed by atoms with van der Waals surface area (Å²) in [4.78, 5) is 0. The smallest absolute Gasteiger partial charge is 0.195 e. The number of hydrogen-bond acceptors (Lipinski definition) is 3. The fraction of sp³-hybridized carbons (Fsp3) is 1.00. The van der Waals surface area contributed by atoms with E-state index in [0.29, 0.717) is 11.8 Å². The molecule has 2 unspecified atom stereocenters. The van der Waals surface area contributed by atoms with Gasteiger partial charge in [0.05, 0.1) is 0 Å². The molecule has 0 bridgehead atoms. The molecule has 0 N–H and O–H groups in total. The molecule has 1 fully saturated rings. The molecule has 0 aliphatic carbocycles. The fourth-order valence-corrected chi connectivity index (χ4v) is 4.08. The summed E-state index contributed by atoms with van der Waals surface area (Å²) < 4.78 is 26.6. The molecular formula is C8H18N2O2S2. The van der Waals surface area contributed by atoms with Crippen molar-refractivity contribution in [1.29, 1.82) is 0 Å². The van der Waals surface area contributed by atoms with Crippen molar-refractivity contribution >= 4 is 22.0 Å². The molecule has 2 atom stereocenters. The van der Waals surface area contributed by atoms with E-state index in [9.17, 15) is 8.42 Å². The third kappa shape index (κ3) is 2.24. The van der Waals surface area contributed by atoms with Gasteiger partial charge in [-0.2, -0.15) is 28.8 Å². The van der Waals surface area contributed by atoms with E-state index in [-0.39, 0.29) is 6.04 Å². The van der Waals surface area contributed by atoms with Gasteiger partial charge in [0.15, 0.2) is 0 Å². The van der Waals surface area contributed by atoms with Crippen LogP contribution in [0.1, 0.15) is 13.8 Å². The van der Waals surface area contributed by atoms with Crippen LogP contribution in [0.3, 0.4) is 0 Å². The van der Waals surface area contributed by atoms with Crippen LogP contribution in [0.2, 0.25) is 0 Å². The maximum atomic E-state index is 11.9. The molecule has 0 aromatic carbocycles. The van der Waals surface area contributed by atoms with Crippen LogP contribution < -0.4 is 0 Å². The van der Waals surface area contributed by atoms with Crippen molar-refractivity contribution < 1.29 is 8.42 Å². The topological polar surface area (TPSA) is 40.6 Å². The van der Waals surface area contributed by atoms with Crippen molar-refractivity contribution in [2.24, 2.45) is 0 Å². The molecule has 0 amide bonds. The Kier molecular flexibility index (Phi) is 3.85. The second kappa shape index (κ2) is 4.38. The van der Waals surface area contributed by atoms with Gasteiger partial charge in [-0.3, -0.25) is 0 Å². The summed E-state index contributed by atoms with van der Waals surface area (Å²) in [5.74, 6) is 0.887. The molecular weight excluding hydrogens is 220 g/mol. The van der Waals surface area contributed by atoms with Crippen molar-refractivity contribution in [3.63, 3.8) is 0 Å². The van der Waals surface area contributed by atoms with E-state index in [2.05, 4.69) is 6.92 Å². The van der Waals surface area contributed by atoms with Crippen LogP contribution in [0, 0.1) is 0 Å². The number of hydrogen-bond donors (Lipinski definition) is 0. The lowest BCUT2D eigenvalue weighted by Crippen LogP contribution is -2.51. The standard InChI is InChI=1S/C8H18N2O2S2/c1-7-8(2)13-6-5-10(7)14(11,12)9(3)4/h7-8H,5-6H2,1-4H3. The lowest BCUT2D eigenvalue weighted by Gasteiger charge is -2.37. The third-order valence-electron chi connectivity index (χ3n) is 2.58. The molecule has 0 saturated carbocycles. The van der Waals surface area contributed by atoms with E-state index >= 15 is 0 Å². The average Bonchev–Trinajstić information content (AvgIpc) is 2.09. The molecule has 6 heteroatoms. The Morgan fingerprint density at radius 1 is 1.36 bits per heavy atom. The van der Waals surface area contributed by atoms with E-state index < -0.39 is 10.2 Å². The Bertz CT molecular complexity index is 290. The minimum absolute atomic E-state index is 0.0844. The first-order valence-electron chi connectivity index (χ1n) is 4.68. The highest BCUT2D eigenvalue weighted by Crippen LogP contribution is 2.26. The summed E-state index contributed by atoms with van der Waals surface area (Å²) in [7, 11) is -0.0730. The van der Waals surface area contributed by atoms with Crippen LogP contribution in [0.15, 0.2) is 0 Å². The highest BCUT2D eigenvalue weighted by atomic mass is 32.2. The molecule has 14 heavy (non-hydrogen) atoms. The van der Waals surface area contributed by atoms with Gasteiger partial charge in [0.25, 0.3) is 10.2 Å². The molecule has 1 aliphatic heterocycles. The van der Waals surface area contributed by atoms with Gasteiger partial charge in [-0.25, -0.2) is 0 Å². The zero-order valence-corrected chi connectivity index (χ0v) is 10.7. The largest absolute Gasteiger partial charge is 0.281 e. The van der Waals surface area contributed by atoms with Gasteiger partial charge in [0.2, 0.25) is 0 Å². The van der Waals surface area contributed by atoms with E-state index in [1.807, 2.05) is 18.7 Å². The minimum Gasteiger partial charge on any atom is -0.195 e. The first-order chi connectivity index (χ1) is 6.37. The average molecular weight is 238 g/mol. The van der Waals surface area contributed by atoms with Gasteiger partial charge in [-0.1, -0.05) is 6.92 Å². The number of rotatable bonds is 2. The quantitative estimate of drug-likeness (QED) is 0.708. The Balaban J connectivity index is 2.87. The van der Waals surface area contributed by atoms with E-state index in [0.717, 1.165) is 5.75 Å². The monoisotopic (exact) mass is 238 g/mol. The van der Waals surface area contributed by atoms with Crippen molar-refractivity contribution in [3.8, 4) is 0 Å². The van der Waals surface area contributed by atoms with Crippen LogP contribution in [-0.4, -0.2) is 54.7 Å². The SMILES string of the molecule is CC1SCCN(S(=O)(=O)N(C)C)C1C. The van der Waals surface area contributed by atoms with Gasteiger partial charge < -0.3 is 0 Å². The molecule has 84 valence electrons. The molecule has 0 radical (unpaired) electrons. The van der Waals surface area contributed by atoms with E-state index in [1.165, 1.54) is 4.31 Å². The summed E-state index contributed by atoms with van der Waals surface area (Å²) in [5.41, 5.74) is 0.